The second-order valence-electron chi connectivity index (χ2n) is 2.75. The molecule has 0 aliphatic rings. The largest absolute Gasteiger partial charge is 0.573 e. The number of alkyl halides is 3. The maximum atomic E-state index is 12.0. The molecule has 0 bridgehead atoms. The van der Waals surface area contributed by atoms with Gasteiger partial charge < -0.3 is 19.6 Å². The lowest BCUT2D eigenvalue weighted by Crippen LogP contribution is -2.22. The first-order valence-electron chi connectivity index (χ1n) is 4.05. The van der Waals surface area contributed by atoms with Crippen LogP contribution in [0.2, 0.25) is 0 Å². The molecule has 0 atom stereocenters. The van der Waals surface area contributed by atoms with Crippen molar-refractivity contribution in [2.24, 2.45) is 0 Å². The number of H-pyrrole nitrogens is 1. The minimum atomic E-state index is -5.13. The zero-order valence-electron chi connectivity index (χ0n) is 8.29. The monoisotopic (exact) mass is 253 g/mol. The van der Waals surface area contributed by atoms with E-state index in [1.807, 2.05) is 4.98 Å². The van der Waals surface area contributed by atoms with Crippen LogP contribution >= 0.6 is 0 Å². The van der Waals surface area contributed by atoms with Gasteiger partial charge in [0, 0.05) is 6.20 Å². The molecule has 0 saturated heterocycles. The molecule has 17 heavy (non-hydrogen) atoms. The number of aromatic carboxylic acids is 1. The van der Waals surface area contributed by atoms with E-state index in [9.17, 15) is 22.8 Å². The molecular formula is C8H6F3NO5. The molecule has 6 nitrogen and oxygen atoms in total. The fraction of sp³-hybridized carbons (Fsp3) is 0.250. The van der Waals surface area contributed by atoms with Gasteiger partial charge in [-0.2, -0.15) is 0 Å². The van der Waals surface area contributed by atoms with Crippen molar-refractivity contribution in [3.63, 3.8) is 0 Å². The maximum Gasteiger partial charge on any atom is 0.573 e. The number of aromatic amines is 1. The van der Waals surface area contributed by atoms with E-state index in [2.05, 4.69) is 9.47 Å². The van der Waals surface area contributed by atoms with E-state index >= 15 is 0 Å². The predicted octanol–water partition coefficient (Wildman–Crippen LogP) is 0.980. The van der Waals surface area contributed by atoms with E-state index in [4.69, 9.17) is 5.11 Å². The average molecular weight is 253 g/mol. The molecule has 1 aromatic rings. The zero-order valence-corrected chi connectivity index (χ0v) is 8.29. The van der Waals surface area contributed by atoms with Gasteiger partial charge in [0.2, 0.25) is 5.75 Å². The van der Waals surface area contributed by atoms with Crippen LogP contribution in [0.5, 0.6) is 11.5 Å². The normalized spacial score (nSPS) is 11.1. The van der Waals surface area contributed by atoms with E-state index in [1.165, 1.54) is 0 Å². The van der Waals surface area contributed by atoms with Crippen molar-refractivity contribution in [2.45, 2.75) is 6.36 Å². The molecule has 0 amide bonds. The molecule has 0 saturated carbocycles. The number of carboxylic acids is 1. The quantitative estimate of drug-likeness (QED) is 0.838. The van der Waals surface area contributed by atoms with Crippen molar-refractivity contribution < 1.29 is 32.5 Å². The summed E-state index contributed by atoms with van der Waals surface area (Å²) >= 11 is 0. The number of ether oxygens (including phenoxy) is 2. The Morgan fingerprint density at radius 3 is 2.41 bits per heavy atom. The maximum absolute atomic E-state index is 12.0. The van der Waals surface area contributed by atoms with Gasteiger partial charge in [0.15, 0.2) is 5.75 Å². The smallest absolute Gasteiger partial charge is 0.488 e. The molecule has 0 aliphatic heterocycles. The summed E-state index contributed by atoms with van der Waals surface area (Å²) in [6.07, 6.45) is -4.54. The highest BCUT2D eigenvalue weighted by Gasteiger charge is 2.35. The van der Waals surface area contributed by atoms with Crippen LogP contribution in [0.4, 0.5) is 13.2 Å². The van der Waals surface area contributed by atoms with Crippen LogP contribution in [0.25, 0.3) is 0 Å². The molecule has 0 radical (unpaired) electrons. The molecular weight excluding hydrogens is 247 g/mol. The second-order valence-corrected chi connectivity index (χ2v) is 2.75. The molecule has 0 spiro atoms. The van der Waals surface area contributed by atoms with Gasteiger partial charge in [-0.15, -0.1) is 13.2 Å². The number of carbonyl (C=O) groups is 1. The molecule has 0 fully saturated rings. The van der Waals surface area contributed by atoms with Crippen molar-refractivity contribution >= 4 is 5.97 Å². The first kappa shape index (κ1) is 12.9. The van der Waals surface area contributed by atoms with E-state index in [-0.39, 0.29) is 0 Å². The Balaban J connectivity index is 3.44. The lowest BCUT2D eigenvalue weighted by molar-refractivity contribution is -0.275. The van der Waals surface area contributed by atoms with Gasteiger partial charge >= 0.3 is 12.3 Å². The number of carboxylic acid groups (broad SMARTS) is 1. The van der Waals surface area contributed by atoms with Crippen LogP contribution < -0.4 is 15.0 Å². The Hall–Kier alpha value is -2.19. The molecule has 1 heterocycles. The van der Waals surface area contributed by atoms with Gasteiger partial charge in [-0.05, 0) is 0 Å². The molecule has 0 aromatic carbocycles. The summed E-state index contributed by atoms with van der Waals surface area (Å²) in [6, 6.07) is 0. The lowest BCUT2D eigenvalue weighted by atomic mass is 10.2. The zero-order chi connectivity index (χ0) is 13.2. The van der Waals surface area contributed by atoms with Crippen molar-refractivity contribution in [3.8, 4) is 11.5 Å². The molecule has 1 rings (SSSR count). The van der Waals surface area contributed by atoms with Crippen molar-refractivity contribution in [3.05, 3.63) is 22.1 Å². The van der Waals surface area contributed by atoms with Gasteiger partial charge in [-0.1, -0.05) is 0 Å². The molecule has 0 unspecified atom stereocenters. The number of rotatable bonds is 3. The first-order chi connectivity index (χ1) is 7.76. The van der Waals surface area contributed by atoms with E-state index in [1.54, 1.807) is 0 Å². The van der Waals surface area contributed by atoms with Gasteiger partial charge in [0.05, 0.1) is 7.11 Å². The molecule has 94 valence electrons. The van der Waals surface area contributed by atoms with Crippen LogP contribution in [0.1, 0.15) is 10.4 Å². The number of nitrogens with one attached hydrogen (secondary N) is 1. The molecule has 0 aliphatic carbocycles. The van der Waals surface area contributed by atoms with Crippen LogP contribution in [0, 0.1) is 0 Å². The Bertz CT molecular complexity index is 493. The highest BCUT2D eigenvalue weighted by atomic mass is 19.4. The lowest BCUT2D eigenvalue weighted by Gasteiger charge is -2.13. The summed E-state index contributed by atoms with van der Waals surface area (Å²) in [6.45, 7) is 0. The number of hydrogen-bond donors (Lipinski definition) is 2. The summed E-state index contributed by atoms with van der Waals surface area (Å²) in [5, 5.41) is 8.65. The third-order valence-electron chi connectivity index (χ3n) is 1.66. The number of hydrogen-bond acceptors (Lipinski definition) is 4. The summed E-state index contributed by atoms with van der Waals surface area (Å²) in [4.78, 5) is 23.7. The Labute approximate surface area is 91.6 Å². The fourth-order valence-electron chi connectivity index (χ4n) is 1.06. The number of aromatic nitrogens is 1. The third kappa shape index (κ3) is 2.89. The van der Waals surface area contributed by atoms with Crippen LogP contribution in [0.15, 0.2) is 11.0 Å². The van der Waals surface area contributed by atoms with Gasteiger partial charge in [-0.25, -0.2) is 4.79 Å². The van der Waals surface area contributed by atoms with Crippen molar-refractivity contribution in [1.82, 2.24) is 4.98 Å². The van der Waals surface area contributed by atoms with Crippen LogP contribution in [0.3, 0.4) is 0 Å². The van der Waals surface area contributed by atoms with E-state index < -0.39 is 35.0 Å². The van der Waals surface area contributed by atoms with Crippen molar-refractivity contribution in [2.75, 3.05) is 7.11 Å². The highest BCUT2D eigenvalue weighted by molar-refractivity contribution is 5.91. The van der Waals surface area contributed by atoms with Gasteiger partial charge in [0.25, 0.3) is 5.56 Å². The summed E-state index contributed by atoms with van der Waals surface area (Å²) < 4.78 is 44.0. The van der Waals surface area contributed by atoms with Crippen LogP contribution in [-0.4, -0.2) is 29.5 Å². The Morgan fingerprint density at radius 2 is 2.00 bits per heavy atom. The summed E-state index contributed by atoms with van der Waals surface area (Å²) in [5.41, 5.74) is -1.89. The topological polar surface area (TPSA) is 88.6 Å². The molecule has 1 aromatic heterocycles. The Morgan fingerprint density at radius 1 is 1.41 bits per heavy atom. The first-order valence-corrected chi connectivity index (χ1v) is 4.05. The summed E-state index contributed by atoms with van der Waals surface area (Å²) in [7, 11) is 0.916. The van der Waals surface area contributed by atoms with E-state index in [0.29, 0.717) is 6.20 Å². The Kier molecular flexibility index (Phi) is 3.30. The second kappa shape index (κ2) is 4.36. The van der Waals surface area contributed by atoms with Crippen molar-refractivity contribution in [1.29, 1.82) is 0 Å². The fourth-order valence-corrected chi connectivity index (χ4v) is 1.06. The number of pyridine rings is 1. The minimum absolute atomic E-state index is 0.592. The number of methoxy groups -OCH3 is 1. The molecule has 9 heteroatoms. The van der Waals surface area contributed by atoms with E-state index in [0.717, 1.165) is 7.11 Å². The minimum Gasteiger partial charge on any atom is -0.488 e. The third-order valence-corrected chi connectivity index (χ3v) is 1.66. The SMILES string of the molecule is COc1c(OC(F)(F)F)c(C(=O)O)c[nH]c1=O. The average Bonchev–Trinajstić information content (AvgIpc) is 2.15. The summed E-state index contributed by atoms with van der Waals surface area (Å²) in [5.74, 6) is -3.74. The highest BCUT2D eigenvalue weighted by Crippen LogP contribution is 2.32. The molecule has 2 N–H and O–H groups in total. The van der Waals surface area contributed by atoms with Gasteiger partial charge in [-0.3, -0.25) is 4.79 Å². The number of halogens is 3. The standard InChI is InChI=1S/C8H6F3NO5/c1-16-5-4(17-8(9,10)11)3(7(14)15)2-12-6(5)13/h2H,1H3,(H,12,13)(H,14,15). The van der Waals surface area contributed by atoms with Crippen LogP contribution in [-0.2, 0) is 0 Å². The van der Waals surface area contributed by atoms with Gasteiger partial charge in [0.1, 0.15) is 5.56 Å². The predicted molar refractivity (Wildman–Crippen MR) is 47.3 cm³/mol.